The van der Waals surface area contributed by atoms with E-state index in [4.69, 9.17) is 14.9 Å². The molecule has 0 aromatic rings. The van der Waals surface area contributed by atoms with Crippen LogP contribution >= 0.6 is 0 Å². The van der Waals surface area contributed by atoms with Gasteiger partial charge in [0.2, 0.25) is 5.90 Å². The Morgan fingerprint density at radius 2 is 2.00 bits per heavy atom. The van der Waals surface area contributed by atoms with Gasteiger partial charge in [0.25, 0.3) is 0 Å². The lowest BCUT2D eigenvalue weighted by atomic mass is 9.85. The summed E-state index contributed by atoms with van der Waals surface area (Å²) in [5.41, 5.74) is 0. The maximum absolute atomic E-state index is 7.69. The van der Waals surface area contributed by atoms with E-state index in [1.54, 1.807) is 7.11 Å². The van der Waals surface area contributed by atoms with Gasteiger partial charge in [-0.15, -0.1) is 0 Å². The molecular formula is C11H21NO2. The molecule has 82 valence electrons. The molecule has 0 aromatic heterocycles. The molecule has 0 bridgehead atoms. The van der Waals surface area contributed by atoms with Crippen molar-refractivity contribution in [2.24, 2.45) is 5.92 Å². The molecule has 0 aliphatic heterocycles. The van der Waals surface area contributed by atoms with Crippen molar-refractivity contribution in [3.8, 4) is 0 Å². The summed E-state index contributed by atoms with van der Waals surface area (Å²) in [6, 6.07) is 0. The SMILES string of the molecule is CCOC(C(=N)OC)C1CCCCC1. The molecule has 1 saturated carbocycles. The summed E-state index contributed by atoms with van der Waals surface area (Å²) in [5.74, 6) is 0.787. The van der Waals surface area contributed by atoms with Gasteiger partial charge in [-0.05, 0) is 25.7 Å². The molecule has 0 saturated heterocycles. The van der Waals surface area contributed by atoms with Crippen LogP contribution in [-0.2, 0) is 9.47 Å². The van der Waals surface area contributed by atoms with E-state index in [-0.39, 0.29) is 6.10 Å². The first-order valence-electron chi connectivity index (χ1n) is 5.53. The highest BCUT2D eigenvalue weighted by atomic mass is 16.5. The van der Waals surface area contributed by atoms with Crippen LogP contribution < -0.4 is 0 Å². The molecule has 3 nitrogen and oxygen atoms in total. The number of methoxy groups -OCH3 is 1. The molecule has 14 heavy (non-hydrogen) atoms. The molecule has 1 aliphatic carbocycles. The Balaban J connectivity index is 2.50. The van der Waals surface area contributed by atoms with Crippen LogP contribution in [0.3, 0.4) is 0 Å². The fourth-order valence-corrected chi connectivity index (χ4v) is 2.16. The maximum atomic E-state index is 7.69. The van der Waals surface area contributed by atoms with E-state index in [9.17, 15) is 0 Å². The molecule has 1 aliphatic rings. The van der Waals surface area contributed by atoms with Crippen LogP contribution in [-0.4, -0.2) is 25.7 Å². The predicted molar refractivity (Wildman–Crippen MR) is 56.7 cm³/mol. The van der Waals surface area contributed by atoms with Gasteiger partial charge in [-0.2, -0.15) is 0 Å². The summed E-state index contributed by atoms with van der Waals surface area (Å²) in [5, 5.41) is 7.69. The average Bonchev–Trinajstić information content (AvgIpc) is 2.26. The Morgan fingerprint density at radius 3 is 2.50 bits per heavy atom. The van der Waals surface area contributed by atoms with E-state index in [1.165, 1.54) is 32.1 Å². The van der Waals surface area contributed by atoms with Crippen molar-refractivity contribution in [3.63, 3.8) is 0 Å². The molecular weight excluding hydrogens is 178 g/mol. The minimum absolute atomic E-state index is 0.106. The standard InChI is InChI=1S/C11H21NO2/c1-3-14-10(11(12)13-2)9-7-5-4-6-8-9/h9-10,12H,3-8H2,1-2H3. The second-order valence-corrected chi connectivity index (χ2v) is 3.84. The minimum Gasteiger partial charge on any atom is -0.483 e. The van der Waals surface area contributed by atoms with Crippen molar-refractivity contribution in [1.29, 1.82) is 5.41 Å². The molecule has 1 unspecified atom stereocenters. The molecule has 1 atom stereocenters. The van der Waals surface area contributed by atoms with Gasteiger partial charge in [0, 0.05) is 6.61 Å². The van der Waals surface area contributed by atoms with E-state index >= 15 is 0 Å². The quantitative estimate of drug-likeness (QED) is 0.558. The number of hydrogen-bond acceptors (Lipinski definition) is 3. The fourth-order valence-electron chi connectivity index (χ4n) is 2.16. The third kappa shape index (κ3) is 2.98. The molecule has 1 fully saturated rings. The molecule has 0 aromatic carbocycles. The third-order valence-corrected chi connectivity index (χ3v) is 2.90. The van der Waals surface area contributed by atoms with Gasteiger partial charge in [-0.25, -0.2) is 0 Å². The maximum Gasteiger partial charge on any atom is 0.210 e. The minimum atomic E-state index is -0.106. The lowest BCUT2D eigenvalue weighted by Gasteiger charge is -2.29. The summed E-state index contributed by atoms with van der Waals surface area (Å²) in [4.78, 5) is 0. The van der Waals surface area contributed by atoms with Gasteiger partial charge in [0.05, 0.1) is 7.11 Å². The smallest absolute Gasteiger partial charge is 0.210 e. The predicted octanol–water partition coefficient (Wildman–Crippen LogP) is 2.60. The average molecular weight is 199 g/mol. The first kappa shape index (κ1) is 11.5. The lowest BCUT2D eigenvalue weighted by Crippen LogP contribution is -2.34. The van der Waals surface area contributed by atoms with E-state index < -0.39 is 0 Å². The van der Waals surface area contributed by atoms with Gasteiger partial charge in [-0.3, -0.25) is 5.41 Å². The Kier molecular flexibility index (Phi) is 4.94. The zero-order valence-corrected chi connectivity index (χ0v) is 9.21. The summed E-state index contributed by atoms with van der Waals surface area (Å²) < 4.78 is 10.6. The van der Waals surface area contributed by atoms with Crippen LogP contribution in [0.1, 0.15) is 39.0 Å². The molecule has 1 rings (SSSR count). The van der Waals surface area contributed by atoms with Gasteiger partial charge in [0.1, 0.15) is 6.10 Å². The topological polar surface area (TPSA) is 42.3 Å². The first-order valence-corrected chi connectivity index (χ1v) is 5.53. The summed E-state index contributed by atoms with van der Waals surface area (Å²) in [6.45, 7) is 2.63. The van der Waals surface area contributed by atoms with Gasteiger partial charge in [0.15, 0.2) is 0 Å². The Morgan fingerprint density at radius 1 is 1.36 bits per heavy atom. The number of nitrogens with one attached hydrogen (secondary N) is 1. The van der Waals surface area contributed by atoms with Crippen LogP contribution in [0.2, 0.25) is 0 Å². The highest BCUT2D eigenvalue weighted by Gasteiger charge is 2.28. The second-order valence-electron chi connectivity index (χ2n) is 3.84. The summed E-state index contributed by atoms with van der Waals surface area (Å²) in [6.07, 6.45) is 6.11. The normalized spacial score (nSPS) is 20.4. The van der Waals surface area contributed by atoms with Crippen LogP contribution in [0, 0.1) is 11.3 Å². The molecule has 1 N–H and O–H groups in total. The molecule has 0 radical (unpaired) electrons. The van der Waals surface area contributed by atoms with Crippen LogP contribution in [0.4, 0.5) is 0 Å². The van der Waals surface area contributed by atoms with E-state index in [1.807, 2.05) is 6.92 Å². The van der Waals surface area contributed by atoms with Gasteiger partial charge in [-0.1, -0.05) is 19.3 Å². The third-order valence-electron chi connectivity index (χ3n) is 2.90. The Hall–Kier alpha value is -0.570. The monoisotopic (exact) mass is 199 g/mol. The van der Waals surface area contributed by atoms with Crippen molar-refractivity contribution in [2.75, 3.05) is 13.7 Å². The van der Waals surface area contributed by atoms with Crippen molar-refractivity contribution < 1.29 is 9.47 Å². The highest BCUT2D eigenvalue weighted by Crippen LogP contribution is 2.28. The first-order chi connectivity index (χ1) is 6.79. The summed E-state index contributed by atoms with van der Waals surface area (Å²) in [7, 11) is 1.55. The second kappa shape index (κ2) is 6.02. The van der Waals surface area contributed by atoms with Crippen molar-refractivity contribution in [2.45, 2.75) is 45.1 Å². The van der Waals surface area contributed by atoms with Crippen LogP contribution in [0.5, 0.6) is 0 Å². The molecule has 0 spiro atoms. The van der Waals surface area contributed by atoms with E-state index in [0.717, 1.165) is 0 Å². The number of rotatable bonds is 4. The fraction of sp³-hybridized carbons (Fsp3) is 0.909. The van der Waals surface area contributed by atoms with Crippen LogP contribution in [0.25, 0.3) is 0 Å². The Bertz CT molecular complexity index is 176. The van der Waals surface area contributed by atoms with Gasteiger partial charge < -0.3 is 9.47 Å². The summed E-state index contributed by atoms with van der Waals surface area (Å²) >= 11 is 0. The highest BCUT2D eigenvalue weighted by molar-refractivity contribution is 5.77. The number of hydrogen-bond donors (Lipinski definition) is 1. The Labute approximate surface area is 86.3 Å². The van der Waals surface area contributed by atoms with Gasteiger partial charge >= 0.3 is 0 Å². The largest absolute Gasteiger partial charge is 0.483 e. The number of ether oxygens (including phenoxy) is 2. The molecule has 3 heteroatoms. The van der Waals surface area contributed by atoms with Crippen molar-refractivity contribution >= 4 is 5.90 Å². The molecule has 0 heterocycles. The lowest BCUT2D eigenvalue weighted by molar-refractivity contribution is 0.0379. The molecule has 0 amide bonds. The zero-order valence-electron chi connectivity index (χ0n) is 9.21. The van der Waals surface area contributed by atoms with Crippen molar-refractivity contribution in [1.82, 2.24) is 0 Å². The van der Waals surface area contributed by atoms with E-state index in [0.29, 0.717) is 18.4 Å². The van der Waals surface area contributed by atoms with Crippen LogP contribution in [0.15, 0.2) is 0 Å². The van der Waals surface area contributed by atoms with E-state index in [2.05, 4.69) is 0 Å². The van der Waals surface area contributed by atoms with Crippen molar-refractivity contribution in [3.05, 3.63) is 0 Å². The zero-order chi connectivity index (χ0) is 10.4.